The van der Waals surface area contributed by atoms with Crippen LogP contribution in [0.15, 0.2) is 12.7 Å². The van der Waals surface area contributed by atoms with E-state index in [0.717, 1.165) is 15.6 Å². The highest BCUT2D eigenvalue weighted by atomic mass is 28.2. The molecule has 0 saturated heterocycles. The maximum Gasteiger partial charge on any atom is 0.0861 e. The number of hydrogen-bond donors (Lipinski definition) is 0. The fourth-order valence-corrected chi connectivity index (χ4v) is 2.12. The van der Waals surface area contributed by atoms with E-state index in [9.17, 15) is 0 Å². The van der Waals surface area contributed by atoms with Crippen LogP contribution in [-0.4, -0.2) is 53.3 Å². The molecule has 0 fully saturated rings. The van der Waals surface area contributed by atoms with Gasteiger partial charge in [-0.2, -0.15) is 0 Å². The molecule has 0 amide bonds. The van der Waals surface area contributed by atoms with E-state index in [1.165, 1.54) is 0 Å². The lowest BCUT2D eigenvalue weighted by atomic mass is 10.7. The van der Waals surface area contributed by atoms with Crippen molar-refractivity contribution < 1.29 is 0 Å². The van der Waals surface area contributed by atoms with Crippen LogP contribution in [0.4, 0.5) is 0 Å². The lowest BCUT2D eigenvalue weighted by molar-refractivity contribution is 0.200. The maximum absolute atomic E-state index is 3.72. The molecule has 0 bridgehead atoms. The van der Waals surface area contributed by atoms with Crippen molar-refractivity contribution in [3.8, 4) is 0 Å². The summed E-state index contributed by atoms with van der Waals surface area (Å²) in [6.07, 6.45) is 1.98. The summed E-state index contributed by atoms with van der Waals surface area (Å²) in [4.78, 5) is 4.48. The number of rotatable bonds is 5. The first-order chi connectivity index (χ1) is 5.09. The molecule has 0 aliphatic rings. The molecule has 0 spiro atoms. The van der Waals surface area contributed by atoms with Crippen LogP contribution < -0.4 is 0 Å². The minimum atomic E-state index is 0.563. The first-order valence-electron chi connectivity index (χ1n) is 3.76. The second-order valence-electron chi connectivity index (χ2n) is 3.00. The van der Waals surface area contributed by atoms with Gasteiger partial charge in [-0.05, 0) is 34.2 Å². The van der Waals surface area contributed by atoms with Crippen molar-refractivity contribution in [3.63, 3.8) is 0 Å². The van der Waals surface area contributed by atoms with Crippen LogP contribution in [0.3, 0.4) is 0 Å². The summed E-state index contributed by atoms with van der Waals surface area (Å²) in [5, 5.41) is 0. The molecule has 0 heterocycles. The Morgan fingerprint density at radius 3 is 2.00 bits per heavy atom. The number of allylic oxidation sites excluding steroid dienone is 1. The van der Waals surface area contributed by atoms with Gasteiger partial charge < -0.3 is 0 Å². The monoisotopic (exact) mass is 170 g/mol. The maximum atomic E-state index is 3.72. The minimum absolute atomic E-state index is 0.563. The Labute approximate surface area is 72.7 Å². The molecule has 0 aliphatic carbocycles. The van der Waals surface area contributed by atoms with E-state index in [1.807, 2.05) is 6.08 Å². The molecule has 0 N–H and O–H groups in total. The average Bonchev–Trinajstić information content (AvgIpc) is 1.87. The van der Waals surface area contributed by atoms with Gasteiger partial charge in [0.1, 0.15) is 0 Å². The highest BCUT2D eigenvalue weighted by Crippen LogP contribution is 1.97. The third-order valence-corrected chi connectivity index (χ3v) is 3.35. The summed E-state index contributed by atoms with van der Waals surface area (Å²) in [7, 11) is 9.37. The summed E-state index contributed by atoms with van der Waals surface area (Å²) < 4.78 is 0. The van der Waals surface area contributed by atoms with Gasteiger partial charge in [-0.15, -0.1) is 6.58 Å². The number of hydrogen-bond acceptors (Lipinski definition) is 2. The molecule has 11 heavy (non-hydrogen) atoms. The molecule has 0 aliphatic heterocycles. The molecule has 0 aromatic rings. The Balaban J connectivity index is 3.79. The first kappa shape index (κ1) is 10.9. The minimum Gasteiger partial charge on any atom is -0.297 e. The van der Waals surface area contributed by atoms with E-state index in [-0.39, 0.29) is 0 Å². The highest BCUT2D eigenvalue weighted by Gasteiger charge is 2.12. The van der Waals surface area contributed by atoms with Gasteiger partial charge in [-0.1, -0.05) is 6.08 Å². The van der Waals surface area contributed by atoms with Crippen molar-refractivity contribution in [2.45, 2.75) is 11.8 Å². The topological polar surface area (TPSA) is 6.48 Å². The number of nitrogens with zero attached hydrogens (tertiary/aromatic N) is 2. The van der Waals surface area contributed by atoms with E-state index in [2.05, 4.69) is 44.6 Å². The van der Waals surface area contributed by atoms with E-state index in [1.54, 1.807) is 0 Å². The smallest absolute Gasteiger partial charge is 0.0861 e. The van der Waals surface area contributed by atoms with Crippen LogP contribution in [-0.2, 0) is 0 Å². The Hall–Kier alpha value is -0.123. The molecule has 0 aromatic heterocycles. The summed E-state index contributed by atoms with van der Waals surface area (Å²) in [5.41, 5.74) is 0. The summed E-state index contributed by atoms with van der Waals surface area (Å²) in [6, 6.07) is 1.11. The summed E-state index contributed by atoms with van der Waals surface area (Å²) >= 11 is 0. The zero-order valence-corrected chi connectivity index (χ0v) is 8.96. The molecule has 0 aromatic carbocycles. The summed E-state index contributed by atoms with van der Waals surface area (Å²) in [5.74, 6) is 0.563. The Morgan fingerprint density at radius 2 is 1.73 bits per heavy atom. The van der Waals surface area contributed by atoms with Gasteiger partial charge in [-0.25, -0.2) is 0 Å². The molecule has 0 rings (SSSR count). The molecule has 3 heteroatoms. The van der Waals surface area contributed by atoms with Gasteiger partial charge in [0.05, 0.1) is 9.52 Å². The van der Waals surface area contributed by atoms with E-state index in [4.69, 9.17) is 0 Å². The zero-order valence-electron chi connectivity index (χ0n) is 7.96. The molecule has 0 unspecified atom stereocenters. The van der Waals surface area contributed by atoms with Crippen molar-refractivity contribution in [2.24, 2.45) is 0 Å². The predicted molar refractivity (Wildman–Crippen MR) is 51.9 cm³/mol. The van der Waals surface area contributed by atoms with Crippen molar-refractivity contribution in [1.29, 1.82) is 0 Å². The van der Waals surface area contributed by atoms with Crippen LogP contribution in [0.2, 0.25) is 6.04 Å². The van der Waals surface area contributed by atoms with Gasteiger partial charge in [0.2, 0.25) is 0 Å². The fourth-order valence-electron chi connectivity index (χ4n) is 1.02. The predicted octanol–water partition coefficient (Wildman–Crippen LogP) is 0.702. The van der Waals surface area contributed by atoms with E-state index in [0.29, 0.717) is 5.79 Å². The van der Waals surface area contributed by atoms with Crippen LogP contribution >= 0.6 is 0 Å². The highest BCUT2D eigenvalue weighted by molar-refractivity contribution is 6.38. The fraction of sp³-hybridized carbons (Fsp3) is 0.750. The van der Waals surface area contributed by atoms with Crippen molar-refractivity contribution in [3.05, 3.63) is 12.7 Å². The SMILES string of the molecule is C=CC[Si]C(N(C)C)N(C)C. The van der Waals surface area contributed by atoms with Gasteiger partial charge in [-0.3, -0.25) is 9.80 Å². The van der Waals surface area contributed by atoms with Gasteiger partial charge >= 0.3 is 0 Å². The molecular formula is C8H18N2Si. The van der Waals surface area contributed by atoms with Gasteiger partial charge in [0, 0.05) is 5.79 Å². The second kappa shape index (κ2) is 5.52. The van der Waals surface area contributed by atoms with Crippen molar-refractivity contribution in [2.75, 3.05) is 28.2 Å². The second-order valence-corrected chi connectivity index (χ2v) is 4.33. The lowest BCUT2D eigenvalue weighted by Gasteiger charge is -2.29. The molecule has 0 atom stereocenters. The largest absolute Gasteiger partial charge is 0.297 e. The van der Waals surface area contributed by atoms with Gasteiger partial charge in [0.15, 0.2) is 0 Å². The van der Waals surface area contributed by atoms with Crippen molar-refractivity contribution >= 4 is 9.52 Å². The zero-order chi connectivity index (χ0) is 8.85. The van der Waals surface area contributed by atoms with Crippen molar-refractivity contribution in [1.82, 2.24) is 9.80 Å². The Morgan fingerprint density at radius 1 is 1.27 bits per heavy atom. The Bertz CT molecular complexity index is 105. The quantitative estimate of drug-likeness (QED) is 0.340. The molecule has 2 nitrogen and oxygen atoms in total. The first-order valence-corrected chi connectivity index (χ1v) is 5.05. The Kier molecular flexibility index (Phi) is 5.46. The van der Waals surface area contributed by atoms with Crippen LogP contribution in [0.1, 0.15) is 0 Å². The molecule has 0 saturated carbocycles. The molecule has 64 valence electrons. The van der Waals surface area contributed by atoms with E-state index < -0.39 is 0 Å². The van der Waals surface area contributed by atoms with Crippen LogP contribution in [0.25, 0.3) is 0 Å². The third-order valence-electron chi connectivity index (χ3n) is 1.42. The average molecular weight is 170 g/mol. The van der Waals surface area contributed by atoms with Gasteiger partial charge in [0.25, 0.3) is 0 Å². The third kappa shape index (κ3) is 4.34. The molecule has 2 radical (unpaired) electrons. The van der Waals surface area contributed by atoms with E-state index >= 15 is 0 Å². The molecular weight excluding hydrogens is 152 g/mol. The summed E-state index contributed by atoms with van der Waals surface area (Å²) in [6.45, 7) is 3.72. The van der Waals surface area contributed by atoms with Crippen LogP contribution in [0, 0.1) is 0 Å². The van der Waals surface area contributed by atoms with Crippen LogP contribution in [0.5, 0.6) is 0 Å². The standard InChI is InChI=1S/C8H18N2Si/c1-6-7-11-8(9(2)3)10(4)5/h6,8H,1,7H2,2-5H3. The normalized spacial score (nSPS) is 11.5. The lowest BCUT2D eigenvalue weighted by Crippen LogP contribution is -2.44.